The zero-order chi connectivity index (χ0) is 18.5. The summed E-state index contributed by atoms with van der Waals surface area (Å²) in [7, 11) is 3.29. The van der Waals surface area contributed by atoms with Gasteiger partial charge in [0, 0.05) is 32.2 Å². The molecular weight excluding hydrogens is 332 g/mol. The first-order valence-corrected chi connectivity index (χ1v) is 9.02. The van der Waals surface area contributed by atoms with Gasteiger partial charge in [-0.1, -0.05) is 5.57 Å². The number of fused-ring (bicyclic) bond motifs is 2. The van der Waals surface area contributed by atoms with Gasteiger partial charge in [0.05, 0.1) is 31.0 Å². The number of rotatable bonds is 8. The van der Waals surface area contributed by atoms with Gasteiger partial charge in [0.1, 0.15) is 0 Å². The van der Waals surface area contributed by atoms with Gasteiger partial charge in [-0.3, -0.25) is 9.79 Å². The van der Waals surface area contributed by atoms with E-state index in [0.29, 0.717) is 29.4 Å². The molecule has 26 heavy (non-hydrogen) atoms. The van der Waals surface area contributed by atoms with E-state index in [1.807, 2.05) is 19.3 Å². The van der Waals surface area contributed by atoms with Crippen LogP contribution in [0.25, 0.3) is 0 Å². The van der Waals surface area contributed by atoms with E-state index >= 15 is 0 Å². The van der Waals surface area contributed by atoms with Gasteiger partial charge in [-0.25, -0.2) is 0 Å². The quantitative estimate of drug-likeness (QED) is 0.665. The Morgan fingerprint density at radius 2 is 1.96 bits per heavy atom. The Kier molecular flexibility index (Phi) is 5.93. The number of hydrogen-bond acceptors (Lipinski definition) is 5. The number of benzene rings is 1. The molecule has 0 spiro atoms. The van der Waals surface area contributed by atoms with Crippen LogP contribution in [0.3, 0.4) is 0 Å². The molecule has 0 radical (unpaired) electrons. The van der Waals surface area contributed by atoms with E-state index in [9.17, 15) is 4.79 Å². The summed E-state index contributed by atoms with van der Waals surface area (Å²) < 4.78 is 16.4. The highest BCUT2D eigenvalue weighted by Gasteiger charge is 2.31. The van der Waals surface area contributed by atoms with Crippen LogP contribution in [-0.4, -0.2) is 50.5 Å². The molecule has 0 aromatic heterocycles. The minimum absolute atomic E-state index is 0.00829. The summed E-state index contributed by atoms with van der Waals surface area (Å²) in [6.07, 6.45) is 7.57. The van der Waals surface area contributed by atoms with E-state index in [-0.39, 0.29) is 11.9 Å². The van der Waals surface area contributed by atoms with Crippen molar-refractivity contribution in [3.05, 3.63) is 29.5 Å². The summed E-state index contributed by atoms with van der Waals surface area (Å²) in [5, 5.41) is 0. The molecule has 0 saturated carbocycles. The average Bonchev–Trinajstić information content (AvgIpc) is 2.97. The molecule has 0 N–H and O–H groups in total. The highest BCUT2D eigenvalue weighted by molar-refractivity contribution is 6.04. The summed E-state index contributed by atoms with van der Waals surface area (Å²) in [5.41, 5.74) is 2.35. The van der Waals surface area contributed by atoms with Gasteiger partial charge in [-0.15, -0.1) is 0 Å². The van der Waals surface area contributed by atoms with Gasteiger partial charge in [0.25, 0.3) is 5.91 Å². The van der Waals surface area contributed by atoms with Crippen LogP contribution in [-0.2, 0) is 4.74 Å². The van der Waals surface area contributed by atoms with Crippen LogP contribution in [0, 0.1) is 0 Å². The van der Waals surface area contributed by atoms with Gasteiger partial charge in [0.15, 0.2) is 11.5 Å². The van der Waals surface area contributed by atoms with Crippen molar-refractivity contribution in [2.24, 2.45) is 4.99 Å². The molecule has 0 fully saturated rings. The van der Waals surface area contributed by atoms with Crippen molar-refractivity contribution in [2.75, 3.05) is 27.4 Å². The maximum Gasteiger partial charge on any atom is 0.260 e. The normalized spacial score (nSPS) is 18.3. The third-order valence-corrected chi connectivity index (χ3v) is 4.63. The maximum atomic E-state index is 12.9. The van der Waals surface area contributed by atoms with Crippen molar-refractivity contribution in [1.29, 1.82) is 0 Å². The van der Waals surface area contributed by atoms with Gasteiger partial charge in [-0.05, 0) is 38.7 Å². The van der Waals surface area contributed by atoms with Crippen LogP contribution in [0.15, 0.2) is 28.9 Å². The van der Waals surface area contributed by atoms with Crippen molar-refractivity contribution < 1.29 is 19.0 Å². The molecule has 3 rings (SSSR count). The lowest BCUT2D eigenvalue weighted by molar-refractivity contribution is 0.0817. The summed E-state index contributed by atoms with van der Waals surface area (Å²) in [6, 6.07) is 3.53. The van der Waals surface area contributed by atoms with E-state index in [2.05, 4.69) is 4.99 Å². The molecular formula is C20H26N2O4. The standard InChI is InChI=1S/C20H26N2O4/c1-14-9-15-12-21-17-11-19(26-8-6-4-5-7-24-2)18(25-3)10-16(17)20(23)22(15)13-14/h10-13,15H,4-9H2,1-3H3. The van der Waals surface area contributed by atoms with Gasteiger partial charge in [-0.2, -0.15) is 0 Å². The molecule has 1 aromatic carbocycles. The fraction of sp³-hybridized carbons (Fsp3) is 0.500. The molecule has 140 valence electrons. The van der Waals surface area contributed by atoms with Crippen molar-refractivity contribution in [3.63, 3.8) is 0 Å². The molecule has 1 unspecified atom stereocenters. The van der Waals surface area contributed by atoms with Crippen LogP contribution in [0.4, 0.5) is 5.69 Å². The highest BCUT2D eigenvalue weighted by atomic mass is 16.5. The minimum atomic E-state index is -0.0521. The lowest BCUT2D eigenvalue weighted by atomic mass is 10.1. The second kappa shape index (κ2) is 8.36. The number of amides is 1. The fourth-order valence-corrected chi connectivity index (χ4v) is 3.26. The Bertz CT molecular complexity index is 727. The predicted octanol–water partition coefficient (Wildman–Crippen LogP) is 3.72. The molecule has 1 aromatic rings. The Morgan fingerprint density at radius 3 is 2.73 bits per heavy atom. The maximum absolute atomic E-state index is 12.9. The molecule has 1 amide bonds. The molecule has 2 aliphatic rings. The van der Waals surface area contributed by atoms with E-state index in [4.69, 9.17) is 14.2 Å². The third-order valence-electron chi connectivity index (χ3n) is 4.63. The topological polar surface area (TPSA) is 60.4 Å². The van der Waals surface area contributed by atoms with Gasteiger partial charge in [0.2, 0.25) is 0 Å². The van der Waals surface area contributed by atoms with Crippen LogP contribution >= 0.6 is 0 Å². The largest absolute Gasteiger partial charge is 0.493 e. The molecule has 1 atom stereocenters. The van der Waals surface area contributed by atoms with Gasteiger partial charge < -0.3 is 19.1 Å². The first-order chi connectivity index (χ1) is 12.6. The van der Waals surface area contributed by atoms with E-state index in [1.165, 1.54) is 5.57 Å². The van der Waals surface area contributed by atoms with Crippen LogP contribution in [0.2, 0.25) is 0 Å². The molecule has 0 saturated heterocycles. The second-order valence-corrected chi connectivity index (χ2v) is 6.66. The molecule has 2 aliphatic heterocycles. The number of unbranched alkanes of at least 4 members (excludes halogenated alkanes) is 2. The minimum Gasteiger partial charge on any atom is -0.493 e. The number of hydrogen-bond donors (Lipinski definition) is 0. The number of methoxy groups -OCH3 is 2. The third kappa shape index (κ3) is 3.90. The van der Waals surface area contributed by atoms with Crippen LogP contribution < -0.4 is 9.47 Å². The number of nitrogens with zero attached hydrogens (tertiary/aromatic N) is 2. The van der Waals surface area contributed by atoms with Gasteiger partial charge >= 0.3 is 0 Å². The molecule has 0 aliphatic carbocycles. The van der Waals surface area contributed by atoms with Crippen LogP contribution in [0.5, 0.6) is 11.5 Å². The zero-order valence-electron chi connectivity index (χ0n) is 15.7. The zero-order valence-corrected chi connectivity index (χ0v) is 15.7. The molecule has 2 heterocycles. The number of carbonyl (C=O) groups excluding carboxylic acids is 1. The predicted molar refractivity (Wildman–Crippen MR) is 101 cm³/mol. The average molecular weight is 358 g/mol. The Hall–Kier alpha value is -2.34. The number of carbonyl (C=O) groups is 1. The van der Waals surface area contributed by atoms with E-state index in [0.717, 1.165) is 32.3 Å². The summed E-state index contributed by atoms with van der Waals surface area (Å²) in [4.78, 5) is 19.2. The van der Waals surface area contributed by atoms with E-state index < -0.39 is 0 Å². The molecule has 6 heteroatoms. The van der Waals surface area contributed by atoms with Crippen molar-refractivity contribution in [1.82, 2.24) is 4.90 Å². The smallest absolute Gasteiger partial charge is 0.260 e. The SMILES string of the molecule is COCCCCCOc1cc2c(cc1OC)C(=O)N1C=C(C)CC1C=N2. The summed E-state index contributed by atoms with van der Waals surface area (Å²) in [6.45, 7) is 3.39. The second-order valence-electron chi connectivity index (χ2n) is 6.66. The molecule has 0 bridgehead atoms. The molecule has 6 nitrogen and oxygen atoms in total. The lowest BCUT2D eigenvalue weighted by Crippen LogP contribution is -2.32. The Labute approximate surface area is 154 Å². The summed E-state index contributed by atoms with van der Waals surface area (Å²) >= 11 is 0. The van der Waals surface area contributed by atoms with E-state index in [1.54, 1.807) is 31.3 Å². The summed E-state index contributed by atoms with van der Waals surface area (Å²) in [5.74, 6) is 1.13. The Balaban J connectivity index is 1.76. The lowest BCUT2D eigenvalue weighted by Gasteiger charge is -2.19. The number of ether oxygens (including phenoxy) is 3. The van der Waals surface area contributed by atoms with Crippen LogP contribution in [0.1, 0.15) is 43.0 Å². The van der Waals surface area contributed by atoms with Crippen molar-refractivity contribution in [3.8, 4) is 11.5 Å². The van der Waals surface area contributed by atoms with Crippen molar-refractivity contribution >= 4 is 17.8 Å². The monoisotopic (exact) mass is 358 g/mol. The first kappa shape index (κ1) is 18.5. The first-order valence-electron chi connectivity index (χ1n) is 9.02. The Morgan fingerprint density at radius 1 is 1.15 bits per heavy atom. The highest BCUT2D eigenvalue weighted by Crippen LogP contribution is 2.38. The van der Waals surface area contributed by atoms with Crippen molar-refractivity contribution in [2.45, 2.75) is 38.6 Å². The number of aliphatic imine (C=N–C) groups is 1. The fourth-order valence-electron chi connectivity index (χ4n) is 3.26.